The maximum absolute atomic E-state index is 11.0. The van der Waals surface area contributed by atoms with Crippen LogP contribution in [0.3, 0.4) is 0 Å². The van der Waals surface area contributed by atoms with Gasteiger partial charge in [-0.2, -0.15) is 0 Å². The Balaban J connectivity index is 1.83. The fraction of sp³-hybridized carbons (Fsp3) is 1.00. The highest BCUT2D eigenvalue weighted by Crippen LogP contribution is 2.60. The molecule has 0 amide bonds. The van der Waals surface area contributed by atoms with Gasteiger partial charge in [0.1, 0.15) is 0 Å². The summed E-state index contributed by atoms with van der Waals surface area (Å²) in [5, 5.41) is 0. The van der Waals surface area contributed by atoms with Crippen LogP contribution in [0.15, 0.2) is 0 Å². The maximum Gasteiger partial charge on any atom is 0.153 e. The highest BCUT2D eigenvalue weighted by molar-refractivity contribution is 7.79. The Morgan fingerprint density at radius 1 is 1.07 bits per heavy atom. The minimum Gasteiger partial charge on any atom is -0.306 e. The van der Waals surface area contributed by atoms with Crippen molar-refractivity contribution in [1.29, 1.82) is 0 Å². The van der Waals surface area contributed by atoms with Crippen LogP contribution in [0.25, 0.3) is 0 Å². The maximum atomic E-state index is 11.0. The highest BCUT2D eigenvalue weighted by Gasteiger charge is 2.51. The van der Waals surface area contributed by atoms with Crippen LogP contribution in [0.2, 0.25) is 0 Å². The van der Waals surface area contributed by atoms with Crippen molar-refractivity contribution in [2.24, 2.45) is 23.2 Å². The molecular formula is C11H18O2S. The molecule has 4 saturated carbocycles. The standard InChI is InChI=1S/C11H18O2S/c12-14(13)7-11-4-8-1-9(5-11)3-10(2-8)6-11/h8-10H,1-7H2,(H,12,13). The van der Waals surface area contributed by atoms with Crippen molar-refractivity contribution in [3.8, 4) is 0 Å². The first-order valence-electron chi connectivity index (χ1n) is 5.73. The van der Waals surface area contributed by atoms with E-state index < -0.39 is 11.1 Å². The second kappa shape index (κ2) is 3.05. The van der Waals surface area contributed by atoms with Crippen molar-refractivity contribution in [3.63, 3.8) is 0 Å². The van der Waals surface area contributed by atoms with Crippen LogP contribution >= 0.6 is 0 Å². The third-order valence-electron chi connectivity index (χ3n) is 4.59. The molecule has 2 nitrogen and oxygen atoms in total. The molecule has 4 fully saturated rings. The summed E-state index contributed by atoms with van der Waals surface area (Å²) in [6, 6.07) is 0. The molecule has 3 heteroatoms. The van der Waals surface area contributed by atoms with Crippen molar-refractivity contribution in [2.45, 2.75) is 38.5 Å². The van der Waals surface area contributed by atoms with Gasteiger partial charge in [0.15, 0.2) is 11.1 Å². The van der Waals surface area contributed by atoms with Crippen molar-refractivity contribution in [2.75, 3.05) is 5.75 Å². The smallest absolute Gasteiger partial charge is 0.153 e. The Hall–Kier alpha value is 0.110. The molecule has 14 heavy (non-hydrogen) atoms. The van der Waals surface area contributed by atoms with E-state index in [1.807, 2.05) is 0 Å². The van der Waals surface area contributed by atoms with Gasteiger partial charge in [0.05, 0.1) is 5.75 Å². The SMILES string of the molecule is O=S(O)CC12CC3CC(CC(C3)C1)C2. The molecule has 0 saturated heterocycles. The van der Waals surface area contributed by atoms with Gasteiger partial charge in [0.25, 0.3) is 0 Å². The van der Waals surface area contributed by atoms with E-state index in [9.17, 15) is 4.21 Å². The molecule has 0 aromatic heterocycles. The van der Waals surface area contributed by atoms with Crippen molar-refractivity contribution >= 4 is 11.1 Å². The van der Waals surface area contributed by atoms with Crippen LogP contribution in [-0.4, -0.2) is 14.5 Å². The van der Waals surface area contributed by atoms with Crippen molar-refractivity contribution in [1.82, 2.24) is 0 Å². The highest BCUT2D eigenvalue weighted by atomic mass is 32.2. The Morgan fingerprint density at radius 2 is 1.50 bits per heavy atom. The Morgan fingerprint density at radius 3 is 1.86 bits per heavy atom. The Bertz CT molecular complexity index is 239. The van der Waals surface area contributed by atoms with E-state index in [0.717, 1.165) is 17.8 Å². The fourth-order valence-electron chi connectivity index (χ4n) is 4.73. The monoisotopic (exact) mass is 214 g/mol. The zero-order valence-electron chi connectivity index (χ0n) is 8.45. The summed E-state index contributed by atoms with van der Waals surface area (Å²) >= 11 is -1.58. The van der Waals surface area contributed by atoms with Crippen molar-refractivity contribution < 1.29 is 8.76 Å². The lowest BCUT2D eigenvalue weighted by molar-refractivity contribution is -0.0391. The molecule has 0 spiro atoms. The van der Waals surface area contributed by atoms with Gasteiger partial charge >= 0.3 is 0 Å². The third-order valence-corrected chi connectivity index (χ3v) is 5.45. The summed E-state index contributed by atoms with van der Waals surface area (Å²) in [4.78, 5) is 0. The van der Waals surface area contributed by atoms with E-state index in [2.05, 4.69) is 0 Å². The van der Waals surface area contributed by atoms with E-state index in [1.54, 1.807) is 0 Å². The molecule has 0 aromatic rings. The normalized spacial score (nSPS) is 52.2. The average Bonchev–Trinajstić information content (AvgIpc) is 1.96. The van der Waals surface area contributed by atoms with E-state index in [-0.39, 0.29) is 5.41 Å². The van der Waals surface area contributed by atoms with Crippen molar-refractivity contribution in [3.05, 3.63) is 0 Å². The van der Waals surface area contributed by atoms with Crippen LogP contribution in [0.1, 0.15) is 38.5 Å². The first kappa shape index (κ1) is 9.34. The molecular weight excluding hydrogens is 196 g/mol. The zero-order valence-corrected chi connectivity index (χ0v) is 9.26. The number of rotatable bonds is 2. The molecule has 1 N–H and O–H groups in total. The number of hydrogen-bond acceptors (Lipinski definition) is 1. The molecule has 4 aliphatic rings. The van der Waals surface area contributed by atoms with Gasteiger partial charge in [-0.3, -0.25) is 0 Å². The van der Waals surface area contributed by atoms with Crippen LogP contribution in [0, 0.1) is 23.2 Å². The molecule has 1 atom stereocenters. The van der Waals surface area contributed by atoms with Gasteiger partial charge in [-0.25, -0.2) is 4.21 Å². The quantitative estimate of drug-likeness (QED) is 0.717. The average molecular weight is 214 g/mol. The summed E-state index contributed by atoms with van der Waals surface area (Å²) in [6.45, 7) is 0. The van der Waals surface area contributed by atoms with Crippen LogP contribution < -0.4 is 0 Å². The second-order valence-electron chi connectivity index (χ2n) is 5.88. The van der Waals surface area contributed by atoms with Gasteiger partial charge in [0, 0.05) is 0 Å². The molecule has 0 radical (unpaired) electrons. The van der Waals surface area contributed by atoms with Gasteiger partial charge < -0.3 is 4.55 Å². The van der Waals surface area contributed by atoms with Crippen LogP contribution in [0.5, 0.6) is 0 Å². The van der Waals surface area contributed by atoms with E-state index in [4.69, 9.17) is 4.55 Å². The topological polar surface area (TPSA) is 37.3 Å². The molecule has 4 aliphatic carbocycles. The zero-order chi connectivity index (χ0) is 9.76. The lowest BCUT2D eigenvalue weighted by atomic mass is 9.50. The third kappa shape index (κ3) is 1.45. The molecule has 4 rings (SSSR count). The minimum atomic E-state index is -1.58. The lowest BCUT2D eigenvalue weighted by Crippen LogP contribution is -2.48. The van der Waals surface area contributed by atoms with Gasteiger partial charge in [0.2, 0.25) is 0 Å². The van der Waals surface area contributed by atoms with Gasteiger partial charge in [-0.15, -0.1) is 0 Å². The minimum absolute atomic E-state index is 0.272. The summed E-state index contributed by atoms with van der Waals surface area (Å²) in [7, 11) is 0. The van der Waals surface area contributed by atoms with E-state index in [0.29, 0.717) is 5.75 Å². The van der Waals surface area contributed by atoms with Gasteiger partial charge in [-0.1, -0.05) is 0 Å². The molecule has 0 aliphatic heterocycles. The molecule has 80 valence electrons. The largest absolute Gasteiger partial charge is 0.306 e. The summed E-state index contributed by atoms with van der Waals surface area (Å²) in [5.41, 5.74) is 0.272. The first-order valence-corrected chi connectivity index (χ1v) is 7.00. The Labute approximate surface area is 87.7 Å². The summed E-state index contributed by atoms with van der Waals surface area (Å²) in [6.07, 6.45) is 7.97. The molecule has 4 bridgehead atoms. The molecule has 1 unspecified atom stereocenters. The van der Waals surface area contributed by atoms with Crippen LogP contribution in [0.4, 0.5) is 0 Å². The summed E-state index contributed by atoms with van der Waals surface area (Å²) < 4.78 is 20.1. The first-order chi connectivity index (χ1) is 6.65. The van der Waals surface area contributed by atoms with Crippen LogP contribution in [-0.2, 0) is 11.1 Å². The number of hydrogen-bond donors (Lipinski definition) is 1. The predicted molar refractivity (Wildman–Crippen MR) is 56.2 cm³/mol. The Kier molecular flexibility index (Phi) is 2.04. The fourth-order valence-corrected chi connectivity index (χ4v) is 5.61. The van der Waals surface area contributed by atoms with E-state index >= 15 is 0 Å². The lowest BCUT2D eigenvalue weighted by Gasteiger charge is -2.56. The summed E-state index contributed by atoms with van der Waals surface area (Å²) in [5.74, 6) is 3.23. The molecule has 0 aromatic carbocycles. The van der Waals surface area contributed by atoms with E-state index in [1.165, 1.54) is 38.5 Å². The molecule has 0 heterocycles. The predicted octanol–water partition coefficient (Wildman–Crippen LogP) is 2.42. The second-order valence-corrected chi connectivity index (χ2v) is 6.82. The van der Waals surface area contributed by atoms with Gasteiger partial charge in [-0.05, 0) is 61.7 Å².